The average molecular weight is 610 g/mol. The number of nitrogens with zero attached hydrogens (tertiary/aromatic N) is 4. The van der Waals surface area contributed by atoms with Gasteiger partial charge in [0, 0.05) is 28.5 Å². The monoisotopic (exact) mass is 609 g/mol. The number of halogens is 1. The smallest absolute Gasteiger partial charge is 0.233 e. The maximum absolute atomic E-state index is 6.43. The van der Waals surface area contributed by atoms with E-state index in [0.29, 0.717) is 17.8 Å². The Balaban J connectivity index is 1.20. The van der Waals surface area contributed by atoms with Crippen molar-refractivity contribution >= 4 is 64.2 Å². The molecular formula is C32H28ClN7O2S. The Hall–Kier alpha value is -4.80. The van der Waals surface area contributed by atoms with Crippen molar-refractivity contribution in [3.05, 3.63) is 113 Å². The number of rotatable bonds is 10. The van der Waals surface area contributed by atoms with E-state index in [1.807, 2.05) is 91.0 Å². The third-order valence-electron chi connectivity index (χ3n) is 6.72. The summed E-state index contributed by atoms with van der Waals surface area (Å²) < 4.78 is 15.3. The van der Waals surface area contributed by atoms with Gasteiger partial charge in [0.25, 0.3) is 0 Å². The molecule has 1 atom stereocenters. The van der Waals surface area contributed by atoms with Crippen molar-refractivity contribution in [2.75, 3.05) is 30.2 Å². The minimum absolute atomic E-state index is 0.208. The Morgan fingerprint density at radius 3 is 1.58 bits per heavy atom. The van der Waals surface area contributed by atoms with Crippen molar-refractivity contribution in [2.45, 2.75) is 11.7 Å². The van der Waals surface area contributed by atoms with Crippen LogP contribution in [-0.2, 0) is 0 Å². The number of methoxy groups -OCH3 is 2. The highest BCUT2D eigenvalue weighted by atomic mass is 35.5. The number of benzene rings is 4. The van der Waals surface area contributed by atoms with Gasteiger partial charge in [0.1, 0.15) is 11.5 Å². The Bertz CT molecular complexity index is 1670. The molecule has 0 bridgehead atoms. The van der Waals surface area contributed by atoms with E-state index < -0.39 is 0 Å². The lowest BCUT2D eigenvalue weighted by Gasteiger charge is -2.12. The molecule has 6 rings (SSSR count). The molecule has 2 heterocycles. The van der Waals surface area contributed by atoms with Crippen molar-refractivity contribution in [1.82, 2.24) is 15.0 Å². The quantitative estimate of drug-likeness (QED) is 0.135. The van der Waals surface area contributed by atoms with Crippen LogP contribution in [0.3, 0.4) is 0 Å². The number of nitrogens with one attached hydrogen (secondary N) is 3. The average Bonchev–Trinajstić information content (AvgIpc) is 3.52. The fourth-order valence-corrected chi connectivity index (χ4v) is 5.79. The summed E-state index contributed by atoms with van der Waals surface area (Å²) in [6.45, 7) is 0. The standard InChI is InChI=1S/C32H28ClN7O2S/c1-41-24-15-11-22(12-16-24)35-31-37-30(38-32(39-31)36-23-13-17-25(42-2)18-14-23)34-21-9-7-20(8-10-21)28-19-29(43-40-28)26-5-3-4-6-27(26)33/h3-18,29H,19H2,1-2H3,(H3,34,35,36,37,38,39). The first-order chi connectivity index (χ1) is 21.1. The largest absolute Gasteiger partial charge is 0.497 e. The summed E-state index contributed by atoms with van der Waals surface area (Å²) >= 11 is 7.99. The first-order valence-corrected chi connectivity index (χ1v) is 14.7. The molecule has 0 fully saturated rings. The molecule has 0 radical (unpaired) electrons. The lowest BCUT2D eigenvalue weighted by Crippen LogP contribution is -2.07. The van der Waals surface area contributed by atoms with Crippen LogP contribution in [0.2, 0.25) is 5.02 Å². The van der Waals surface area contributed by atoms with E-state index in [-0.39, 0.29) is 5.25 Å². The van der Waals surface area contributed by atoms with Gasteiger partial charge in [0.05, 0.1) is 25.2 Å². The molecule has 0 amide bonds. The second-order valence-corrected chi connectivity index (χ2v) is 10.9. The summed E-state index contributed by atoms with van der Waals surface area (Å²) in [4.78, 5) is 13.8. The highest BCUT2D eigenvalue weighted by Crippen LogP contribution is 2.42. The molecule has 1 unspecified atom stereocenters. The van der Waals surface area contributed by atoms with E-state index in [1.54, 1.807) is 26.2 Å². The molecule has 0 saturated carbocycles. The van der Waals surface area contributed by atoms with E-state index in [0.717, 1.165) is 56.8 Å². The molecule has 0 aliphatic carbocycles. The summed E-state index contributed by atoms with van der Waals surface area (Å²) in [7, 11) is 3.27. The van der Waals surface area contributed by atoms with E-state index in [4.69, 9.17) is 25.5 Å². The second-order valence-electron chi connectivity index (χ2n) is 9.57. The lowest BCUT2D eigenvalue weighted by molar-refractivity contribution is 0.415. The molecule has 0 spiro atoms. The van der Waals surface area contributed by atoms with Crippen LogP contribution >= 0.6 is 23.5 Å². The van der Waals surface area contributed by atoms with Crippen LogP contribution in [-0.4, -0.2) is 34.9 Å². The number of hydrogen-bond acceptors (Lipinski definition) is 10. The van der Waals surface area contributed by atoms with Crippen molar-refractivity contribution < 1.29 is 9.47 Å². The number of anilines is 6. The number of ether oxygens (including phenoxy) is 2. The van der Waals surface area contributed by atoms with Gasteiger partial charge in [-0.25, -0.2) is 4.40 Å². The van der Waals surface area contributed by atoms with Crippen molar-refractivity contribution in [1.29, 1.82) is 0 Å². The first-order valence-electron chi connectivity index (χ1n) is 13.5. The minimum atomic E-state index is 0.208. The van der Waals surface area contributed by atoms with E-state index in [1.165, 1.54) is 0 Å². The fraction of sp³-hybridized carbons (Fsp3) is 0.125. The molecule has 9 nitrogen and oxygen atoms in total. The topological polar surface area (TPSA) is 106 Å². The summed E-state index contributed by atoms with van der Waals surface area (Å²) in [5, 5.41) is 10.8. The molecule has 4 aromatic carbocycles. The van der Waals surface area contributed by atoms with Crippen LogP contribution < -0.4 is 25.4 Å². The summed E-state index contributed by atoms with van der Waals surface area (Å²) in [5.41, 5.74) is 5.66. The molecular weight excluding hydrogens is 582 g/mol. The Morgan fingerprint density at radius 1 is 0.651 bits per heavy atom. The number of aromatic nitrogens is 3. The van der Waals surface area contributed by atoms with Gasteiger partial charge in [-0.3, -0.25) is 0 Å². The zero-order valence-corrected chi connectivity index (χ0v) is 25.0. The zero-order valence-electron chi connectivity index (χ0n) is 23.4. The molecule has 1 aliphatic heterocycles. The molecule has 1 aliphatic rings. The second kappa shape index (κ2) is 13.0. The van der Waals surface area contributed by atoms with Crippen LogP contribution in [0, 0.1) is 0 Å². The summed E-state index contributed by atoms with van der Waals surface area (Å²) in [6.07, 6.45) is 0.815. The lowest BCUT2D eigenvalue weighted by atomic mass is 10.0. The minimum Gasteiger partial charge on any atom is -0.497 e. The molecule has 43 heavy (non-hydrogen) atoms. The van der Waals surface area contributed by atoms with Crippen LogP contribution in [0.5, 0.6) is 11.5 Å². The van der Waals surface area contributed by atoms with Crippen molar-refractivity contribution in [3.8, 4) is 11.5 Å². The molecule has 5 aromatic rings. The molecule has 216 valence electrons. The van der Waals surface area contributed by atoms with Crippen LogP contribution in [0.4, 0.5) is 34.9 Å². The summed E-state index contributed by atoms with van der Waals surface area (Å²) in [5.74, 6) is 2.64. The van der Waals surface area contributed by atoms with Gasteiger partial charge in [-0.15, -0.1) is 0 Å². The predicted octanol–water partition coefficient (Wildman–Crippen LogP) is 8.36. The molecule has 11 heteroatoms. The third kappa shape index (κ3) is 6.99. The van der Waals surface area contributed by atoms with Crippen LogP contribution in [0.15, 0.2) is 101 Å². The zero-order chi connectivity index (χ0) is 29.6. The van der Waals surface area contributed by atoms with Crippen molar-refractivity contribution in [3.63, 3.8) is 0 Å². The fourth-order valence-electron chi connectivity index (χ4n) is 4.48. The Morgan fingerprint density at radius 2 is 1.12 bits per heavy atom. The van der Waals surface area contributed by atoms with Crippen molar-refractivity contribution in [2.24, 2.45) is 4.40 Å². The first kappa shape index (κ1) is 28.3. The summed E-state index contributed by atoms with van der Waals surface area (Å²) in [6, 6.07) is 31.1. The maximum Gasteiger partial charge on any atom is 0.233 e. The van der Waals surface area contributed by atoms with Gasteiger partial charge >= 0.3 is 0 Å². The maximum atomic E-state index is 6.43. The Labute approximate surface area is 258 Å². The van der Waals surface area contributed by atoms with Crippen LogP contribution in [0.25, 0.3) is 0 Å². The highest BCUT2D eigenvalue weighted by Gasteiger charge is 2.24. The van der Waals surface area contributed by atoms with Crippen LogP contribution in [0.1, 0.15) is 22.8 Å². The third-order valence-corrected chi connectivity index (χ3v) is 8.07. The van der Waals surface area contributed by atoms with E-state index >= 15 is 0 Å². The van der Waals surface area contributed by atoms with E-state index in [9.17, 15) is 0 Å². The van der Waals surface area contributed by atoms with Gasteiger partial charge in [-0.2, -0.15) is 15.0 Å². The molecule has 3 N–H and O–H groups in total. The SMILES string of the molecule is COc1ccc(Nc2nc(Nc3ccc(OC)cc3)nc(Nc3ccc(C4=NSC(c5ccccc5Cl)C4)cc3)n2)cc1. The van der Waals surface area contributed by atoms with Gasteiger partial charge in [0.2, 0.25) is 17.8 Å². The Kier molecular flexibility index (Phi) is 8.57. The highest BCUT2D eigenvalue weighted by molar-refractivity contribution is 7.98. The predicted molar refractivity (Wildman–Crippen MR) is 175 cm³/mol. The number of hydrogen-bond donors (Lipinski definition) is 3. The van der Waals surface area contributed by atoms with Gasteiger partial charge in [-0.05, 0) is 89.8 Å². The molecule has 0 saturated heterocycles. The van der Waals surface area contributed by atoms with Gasteiger partial charge < -0.3 is 25.4 Å². The van der Waals surface area contributed by atoms with E-state index in [2.05, 4.69) is 37.0 Å². The normalized spacial score (nSPS) is 14.1. The van der Waals surface area contributed by atoms with Gasteiger partial charge in [-0.1, -0.05) is 41.9 Å². The molecule has 1 aromatic heterocycles. The van der Waals surface area contributed by atoms with Gasteiger partial charge in [0.15, 0.2) is 0 Å².